The van der Waals surface area contributed by atoms with Crippen LogP contribution in [0.15, 0.2) is 11.1 Å². The van der Waals surface area contributed by atoms with Gasteiger partial charge in [-0.1, -0.05) is 0 Å². The lowest BCUT2D eigenvalue weighted by Gasteiger charge is -2.27. The molecule has 3 rings (SSSR count). The first-order chi connectivity index (χ1) is 9.51. The first-order valence-corrected chi connectivity index (χ1v) is 8.50. The number of hydrogen-bond acceptors (Lipinski definition) is 4. The number of nitrogens with zero attached hydrogens (tertiary/aromatic N) is 2. The molecule has 2 atom stereocenters. The Kier molecular flexibility index (Phi) is 3.41. The largest absolute Gasteiger partial charge is 0.299 e. The van der Waals surface area contributed by atoms with Crippen LogP contribution < -0.4 is 0 Å². The number of ketones is 1. The van der Waals surface area contributed by atoms with Crippen LogP contribution in [-0.4, -0.2) is 41.3 Å². The molecule has 0 spiro atoms. The Hall–Kier alpha value is -1.21. The summed E-state index contributed by atoms with van der Waals surface area (Å²) in [4.78, 5) is 12.2. The summed E-state index contributed by atoms with van der Waals surface area (Å²) in [7, 11) is -3.55. The van der Waals surface area contributed by atoms with Gasteiger partial charge in [0.1, 0.15) is 10.7 Å². The summed E-state index contributed by atoms with van der Waals surface area (Å²) in [6.07, 6.45) is 5.27. The molecule has 1 aromatic heterocycles. The Morgan fingerprint density at radius 2 is 2.15 bits per heavy atom. The zero-order valence-electron chi connectivity index (χ0n) is 11.5. The molecule has 20 heavy (non-hydrogen) atoms. The molecule has 2 unspecified atom stereocenters. The maximum atomic E-state index is 12.7. The Labute approximate surface area is 118 Å². The highest BCUT2D eigenvalue weighted by Gasteiger charge is 2.44. The summed E-state index contributed by atoms with van der Waals surface area (Å²) in [5.74, 6) is 0.112. The van der Waals surface area contributed by atoms with Gasteiger partial charge in [-0.2, -0.15) is 9.40 Å². The Morgan fingerprint density at radius 1 is 1.35 bits per heavy atom. The van der Waals surface area contributed by atoms with E-state index in [0.29, 0.717) is 18.7 Å². The van der Waals surface area contributed by atoms with Crippen LogP contribution in [-0.2, 0) is 14.8 Å². The molecule has 0 aromatic carbocycles. The number of aromatic amines is 1. The van der Waals surface area contributed by atoms with E-state index in [4.69, 9.17) is 0 Å². The van der Waals surface area contributed by atoms with Crippen molar-refractivity contribution in [3.05, 3.63) is 11.9 Å². The van der Waals surface area contributed by atoms with Crippen LogP contribution >= 0.6 is 0 Å². The summed E-state index contributed by atoms with van der Waals surface area (Å²) in [5.41, 5.74) is 0.549. The minimum atomic E-state index is -3.55. The number of aryl methyl sites for hydroxylation is 1. The predicted octanol–water partition coefficient (Wildman–Crippen LogP) is 1.24. The number of H-pyrrole nitrogens is 1. The Morgan fingerprint density at radius 3 is 2.75 bits per heavy atom. The van der Waals surface area contributed by atoms with Crippen molar-refractivity contribution in [3.63, 3.8) is 0 Å². The van der Waals surface area contributed by atoms with Gasteiger partial charge in [-0.25, -0.2) is 8.42 Å². The highest BCUT2D eigenvalue weighted by molar-refractivity contribution is 7.89. The van der Waals surface area contributed by atoms with E-state index >= 15 is 0 Å². The van der Waals surface area contributed by atoms with Gasteiger partial charge in [0.2, 0.25) is 10.0 Å². The molecule has 1 aliphatic carbocycles. The van der Waals surface area contributed by atoms with Gasteiger partial charge in [0, 0.05) is 24.9 Å². The molecule has 1 saturated heterocycles. The number of sulfonamides is 1. The van der Waals surface area contributed by atoms with Crippen LogP contribution in [0.25, 0.3) is 0 Å². The fourth-order valence-electron chi connectivity index (χ4n) is 3.44. The number of Topliss-reactive ketones (excluding diaryl/α,β-unsaturated/α-hetero) is 1. The van der Waals surface area contributed by atoms with E-state index in [2.05, 4.69) is 10.2 Å². The van der Waals surface area contributed by atoms with Crippen LogP contribution in [0.5, 0.6) is 0 Å². The van der Waals surface area contributed by atoms with Gasteiger partial charge in [-0.15, -0.1) is 0 Å². The Balaban J connectivity index is 1.92. The maximum absolute atomic E-state index is 12.7. The van der Waals surface area contributed by atoms with Gasteiger partial charge in [0.05, 0.1) is 11.9 Å². The zero-order valence-corrected chi connectivity index (χ0v) is 12.3. The third-order valence-electron chi connectivity index (χ3n) is 4.43. The second-order valence-electron chi connectivity index (χ2n) is 5.65. The molecule has 0 amide bonds. The number of carbonyl (C=O) groups excluding carboxylic acids is 1. The van der Waals surface area contributed by atoms with E-state index in [-0.39, 0.29) is 22.6 Å². The van der Waals surface area contributed by atoms with Crippen molar-refractivity contribution in [1.82, 2.24) is 14.5 Å². The van der Waals surface area contributed by atoms with Gasteiger partial charge in [-0.3, -0.25) is 9.89 Å². The van der Waals surface area contributed by atoms with Gasteiger partial charge in [0.25, 0.3) is 0 Å². The van der Waals surface area contributed by atoms with E-state index in [1.54, 1.807) is 6.92 Å². The van der Waals surface area contributed by atoms with E-state index in [1.165, 1.54) is 10.5 Å². The van der Waals surface area contributed by atoms with Crippen LogP contribution in [0.1, 0.15) is 37.8 Å². The summed E-state index contributed by atoms with van der Waals surface area (Å²) in [5, 5.41) is 6.47. The lowest BCUT2D eigenvalue weighted by Crippen LogP contribution is -2.41. The predicted molar refractivity (Wildman–Crippen MR) is 72.6 cm³/mol. The van der Waals surface area contributed by atoms with E-state index < -0.39 is 10.0 Å². The third-order valence-corrected chi connectivity index (χ3v) is 6.47. The molecule has 2 heterocycles. The highest BCUT2D eigenvalue weighted by Crippen LogP contribution is 2.36. The summed E-state index contributed by atoms with van der Waals surface area (Å²) >= 11 is 0. The van der Waals surface area contributed by atoms with Crippen LogP contribution in [0, 0.1) is 12.8 Å². The van der Waals surface area contributed by atoms with E-state index in [0.717, 1.165) is 25.7 Å². The maximum Gasteiger partial charge on any atom is 0.246 e. The third kappa shape index (κ3) is 2.09. The molecule has 1 aliphatic heterocycles. The first kappa shape index (κ1) is 13.8. The van der Waals surface area contributed by atoms with Crippen molar-refractivity contribution in [2.75, 3.05) is 6.54 Å². The second-order valence-corrected chi connectivity index (χ2v) is 7.51. The topological polar surface area (TPSA) is 83.1 Å². The molecule has 0 bridgehead atoms. The number of nitrogens with one attached hydrogen (secondary N) is 1. The molecule has 1 saturated carbocycles. The summed E-state index contributed by atoms with van der Waals surface area (Å²) in [6, 6.07) is -0.163. The quantitative estimate of drug-likeness (QED) is 0.910. The van der Waals surface area contributed by atoms with Crippen molar-refractivity contribution in [2.24, 2.45) is 5.92 Å². The molecular weight excluding hydrogens is 278 g/mol. The SMILES string of the molecule is Cc1[nH]ncc1S(=O)(=O)N1CCCC1C1CCCC1=O. The monoisotopic (exact) mass is 297 g/mol. The van der Waals surface area contributed by atoms with Crippen LogP contribution in [0.3, 0.4) is 0 Å². The summed E-state index contributed by atoms with van der Waals surface area (Å²) < 4.78 is 27.0. The Bertz CT molecular complexity index is 623. The second kappa shape index (κ2) is 4.96. The fourth-order valence-corrected chi connectivity index (χ4v) is 5.29. The van der Waals surface area contributed by atoms with E-state index in [9.17, 15) is 13.2 Å². The van der Waals surface area contributed by atoms with Crippen molar-refractivity contribution >= 4 is 15.8 Å². The van der Waals surface area contributed by atoms with Crippen LogP contribution in [0.4, 0.5) is 0 Å². The van der Waals surface area contributed by atoms with Gasteiger partial charge >= 0.3 is 0 Å². The molecule has 1 aromatic rings. The first-order valence-electron chi connectivity index (χ1n) is 7.06. The molecule has 6 nitrogen and oxygen atoms in total. The van der Waals surface area contributed by atoms with Crippen molar-refractivity contribution in [3.8, 4) is 0 Å². The molecule has 7 heteroatoms. The number of rotatable bonds is 3. The molecule has 1 N–H and O–H groups in total. The van der Waals surface area contributed by atoms with Crippen molar-refractivity contribution in [1.29, 1.82) is 0 Å². The highest BCUT2D eigenvalue weighted by atomic mass is 32.2. The lowest BCUT2D eigenvalue weighted by atomic mass is 9.96. The molecule has 0 radical (unpaired) electrons. The number of aromatic nitrogens is 2. The normalized spacial score (nSPS) is 28.4. The standard InChI is InChI=1S/C13H19N3O3S/c1-9-13(8-14-15-9)20(18,19)16-7-3-5-11(16)10-4-2-6-12(10)17/h8,10-11H,2-7H2,1H3,(H,14,15). The lowest BCUT2D eigenvalue weighted by molar-refractivity contribution is -0.121. The average Bonchev–Trinajstić information content (AvgIpc) is 3.07. The molecule has 2 fully saturated rings. The minimum Gasteiger partial charge on any atom is -0.299 e. The van der Waals surface area contributed by atoms with Gasteiger partial charge in [-0.05, 0) is 32.6 Å². The molecule has 110 valence electrons. The number of hydrogen-bond donors (Lipinski definition) is 1. The summed E-state index contributed by atoms with van der Waals surface area (Å²) in [6.45, 7) is 2.20. The smallest absolute Gasteiger partial charge is 0.246 e. The minimum absolute atomic E-state index is 0.112. The van der Waals surface area contributed by atoms with Gasteiger partial charge in [0.15, 0.2) is 0 Å². The number of carbonyl (C=O) groups is 1. The van der Waals surface area contributed by atoms with Crippen molar-refractivity contribution < 1.29 is 13.2 Å². The van der Waals surface area contributed by atoms with Gasteiger partial charge < -0.3 is 0 Å². The fraction of sp³-hybridized carbons (Fsp3) is 0.692. The van der Waals surface area contributed by atoms with Crippen LogP contribution in [0.2, 0.25) is 0 Å². The van der Waals surface area contributed by atoms with Crippen molar-refractivity contribution in [2.45, 2.75) is 50.0 Å². The molecular formula is C13H19N3O3S. The zero-order chi connectivity index (χ0) is 14.3. The average molecular weight is 297 g/mol. The van der Waals surface area contributed by atoms with E-state index in [1.807, 2.05) is 0 Å². The molecule has 2 aliphatic rings.